The van der Waals surface area contributed by atoms with Crippen molar-refractivity contribution >= 4 is 5.82 Å². The molecule has 0 bridgehead atoms. The van der Waals surface area contributed by atoms with E-state index in [1.165, 1.54) is 13.4 Å². The van der Waals surface area contributed by atoms with E-state index in [-0.39, 0.29) is 16.7 Å². The number of aromatic nitrogens is 2. The first kappa shape index (κ1) is 13.5. The van der Waals surface area contributed by atoms with E-state index in [2.05, 4.69) is 43.0 Å². The van der Waals surface area contributed by atoms with E-state index in [9.17, 15) is 4.79 Å². The van der Waals surface area contributed by atoms with Gasteiger partial charge in [0.05, 0.1) is 13.4 Å². The summed E-state index contributed by atoms with van der Waals surface area (Å²) in [5.74, 6) is 1.25. The van der Waals surface area contributed by atoms with Crippen molar-refractivity contribution in [3.05, 3.63) is 16.7 Å². The predicted molar refractivity (Wildman–Crippen MR) is 68.5 cm³/mol. The normalized spacial score (nSPS) is 11.6. The topological polar surface area (TPSA) is 67.0 Å². The standard InChI is InChI=1S/C12H21N3O2/c1-8(2)12(3,4)6-13-10-9(17-5)11(16)15-7-14-10/h7-8H,6H2,1-5H3,(H2,13,14,15,16). The molecule has 1 aromatic heterocycles. The summed E-state index contributed by atoms with van der Waals surface area (Å²) in [5.41, 5.74) is -0.151. The molecule has 5 heteroatoms. The Morgan fingerprint density at radius 3 is 2.71 bits per heavy atom. The van der Waals surface area contributed by atoms with Crippen LogP contribution in [0.5, 0.6) is 5.75 Å². The van der Waals surface area contributed by atoms with Crippen molar-refractivity contribution in [1.82, 2.24) is 9.97 Å². The second-order valence-electron chi connectivity index (χ2n) is 5.11. The summed E-state index contributed by atoms with van der Waals surface area (Å²) in [6.07, 6.45) is 1.37. The summed E-state index contributed by atoms with van der Waals surface area (Å²) in [5, 5.41) is 3.17. The van der Waals surface area contributed by atoms with Gasteiger partial charge in [-0.05, 0) is 11.3 Å². The smallest absolute Gasteiger partial charge is 0.295 e. The molecular weight excluding hydrogens is 218 g/mol. The lowest BCUT2D eigenvalue weighted by Gasteiger charge is -2.29. The summed E-state index contributed by atoms with van der Waals surface area (Å²) >= 11 is 0. The second-order valence-corrected chi connectivity index (χ2v) is 5.11. The van der Waals surface area contributed by atoms with E-state index in [1.807, 2.05) is 0 Å². The van der Waals surface area contributed by atoms with Crippen LogP contribution in [0.15, 0.2) is 11.1 Å². The number of nitrogens with one attached hydrogen (secondary N) is 2. The Balaban J connectivity index is 2.83. The molecule has 5 nitrogen and oxygen atoms in total. The van der Waals surface area contributed by atoms with Gasteiger partial charge in [-0.25, -0.2) is 4.98 Å². The van der Waals surface area contributed by atoms with Gasteiger partial charge in [0.15, 0.2) is 5.82 Å². The number of hydrogen-bond donors (Lipinski definition) is 2. The Hall–Kier alpha value is -1.52. The Labute approximate surface area is 102 Å². The summed E-state index contributed by atoms with van der Waals surface area (Å²) in [6, 6.07) is 0. The van der Waals surface area contributed by atoms with Gasteiger partial charge in [-0.1, -0.05) is 27.7 Å². The molecular formula is C12H21N3O2. The zero-order valence-electron chi connectivity index (χ0n) is 11.1. The molecule has 0 aliphatic rings. The molecule has 96 valence electrons. The molecule has 1 heterocycles. The quantitative estimate of drug-likeness (QED) is 0.823. The van der Waals surface area contributed by atoms with Crippen molar-refractivity contribution in [2.45, 2.75) is 27.7 Å². The first-order valence-corrected chi connectivity index (χ1v) is 5.74. The molecule has 0 radical (unpaired) electrons. The Bertz CT molecular complexity index is 424. The number of nitrogens with zero attached hydrogens (tertiary/aromatic N) is 1. The lowest BCUT2D eigenvalue weighted by atomic mass is 9.81. The van der Waals surface area contributed by atoms with E-state index in [0.29, 0.717) is 11.7 Å². The number of hydrogen-bond acceptors (Lipinski definition) is 4. The lowest BCUT2D eigenvalue weighted by molar-refractivity contribution is 0.269. The van der Waals surface area contributed by atoms with Gasteiger partial charge in [0.2, 0.25) is 5.75 Å². The number of ether oxygens (including phenoxy) is 1. The van der Waals surface area contributed by atoms with E-state index in [1.54, 1.807) is 0 Å². The number of methoxy groups -OCH3 is 1. The molecule has 0 saturated carbocycles. The molecule has 0 spiro atoms. The van der Waals surface area contributed by atoms with Crippen LogP contribution in [-0.4, -0.2) is 23.6 Å². The van der Waals surface area contributed by atoms with Gasteiger partial charge < -0.3 is 15.0 Å². The zero-order valence-corrected chi connectivity index (χ0v) is 11.1. The summed E-state index contributed by atoms with van der Waals surface area (Å²) in [6.45, 7) is 9.42. The highest BCUT2D eigenvalue weighted by atomic mass is 16.5. The SMILES string of the molecule is COc1c(NCC(C)(C)C(C)C)nc[nH]c1=O. The molecule has 0 aliphatic heterocycles. The van der Waals surface area contributed by atoms with Gasteiger partial charge in [0.25, 0.3) is 5.56 Å². The van der Waals surface area contributed by atoms with E-state index in [4.69, 9.17) is 4.74 Å². The number of aromatic amines is 1. The number of anilines is 1. The monoisotopic (exact) mass is 239 g/mol. The molecule has 0 fully saturated rings. The maximum absolute atomic E-state index is 11.5. The fourth-order valence-corrected chi connectivity index (χ4v) is 1.22. The molecule has 1 aromatic rings. The highest BCUT2D eigenvalue weighted by molar-refractivity contribution is 5.47. The van der Waals surface area contributed by atoms with Gasteiger partial charge in [-0.15, -0.1) is 0 Å². The molecule has 0 unspecified atom stereocenters. The molecule has 2 N–H and O–H groups in total. The van der Waals surface area contributed by atoms with Crippen LogP contribution in [0, 0.1) is 11.3 Å². The van der Waals surface area contributed by atoms with Gasteiger partial charge in [-0.3, -0.25) is 4.79 Å². The summed E-state index contributed by atoms with van der Waals surface area (Å²) < 4.78 is 5.03. The molecule has 0 saturated heterocycles. The van der Waals surface area contributed by atoms with Crippen molar-refractivity contribution in [2.24, 2.45) is 11.3 Å². The Kier molecular flexibility index (Phi) is 4.15. The first-order valence-electron chi connectivity index (χ1n) is 5.74. The second kappa shape index (κ2) is 5.21. The average Bonchev–Trinajstić information content (AvgIpc) is 2.26. The van der Waals surface area contributed by atoms with Gasteiger partial charge in [0, 0.05) is 6.54 Å². The minimum atomic E-state index is -0.271. The average molecular weight is 239 g/mol. The molecule has 0 amide bonds. The lowest BCUT2D eigenvalue weighted by Crippen LogP contribution is -2.29. The van der Waals surface area contributed by atoms with Crippen LogP contribution in [0.25, 0.3) is 0 Å². The van der Waals surface area contributed by atoms with E-state index in [0.717, 1.165) is 6.54 Å². The highest BCUT2D eigenvalue weighted by Crippen LogP contribution is 2.27. The van der Waals surface area contributed by atoms with Crippen LogP contribution in [0.2, 0.25) is 0 Å². The van der Waals surface area contributed by atoms with Crippen LogP contribution in [-0.2, 0) is 0 Å². The third-order valence-electron chi connectivity index (χ3n) is 3.29. The highest BCUT2D eigenvalue weighted by Gasteiger charge is 2.23. The molecule has 0 atom stereocenters. The maximum Gasteiger partial charge on any atom is 0.295 e. The molecule has 17 heavy (non-hydrogen) atoms. The van der Waals surface area contributed by atoms with Crippen molar-refractivity contribution in [3.63, 3.8) is 0 Å². The van der Waals surface area contributed by atoms with Crippen LogP contribution in [0.3, 0.4) is 0 Å². The van der Waals surface area contributed by atoms with Crippen molar-refractivity contribution in [3.8, 4) is 5.75 Å². The Morgan fingerprint density at radius 1 is 1.53 bits per heavy atom. The molecule has 1 rings (SSSR count). The first-order chi connectivity index (χ1) is 7.88. The maximum atomic E-state index is 11.5. The van der Waals surface area contributed by atoms with Crippen LogP contribution in [0.4, 0.5) is 5.82 Å². The van der Waals surface area contributed by atoms with Gasteiger partial charge in [0.1, 0.15) is 0 Å². The predicted octanol–water partition coefficient (Wildman–Crippen LogP) is 1.87. The zero-order chi connectivity index (χ0) is 13.1. The third-order valence-corrected chi connectivity index (χ3v) is 3.29. The Morgan fingerprint density at radius 2 is 2.18 bits per heavy atom. The third kappa shape index (κ3) is 3.22. The molecule has 0 aliphatic carbocycles. The number of H-pyrrole nitrogens is 1. The number of rotatable bonds is 5. The minimum Gasteiger partial charge on any atom is -0.489 e. The van der Waals surface area contributed by atoms with E-state index >= 15 is 0 Å². The summed E-state index contributed by atoms with van der Waals surface area (Å²) in [4.78, 5) is 18.0. The van der Waals surface area contributed by atoms with Crippen molar-refractivity contribution in [2.75, 3.05) is 19.0 Å². The minimum absolute atomic E-state index is 0.120. The van der Waals surface area contributed by atoms with Crippen molar-refractivity contribution in [1.29, 1.82) is 0 Å². The fourth-order valence-electron chi connectivity index (χ4n) is 1.22. The summed E-state index contributed by atoms with van der Waals surface area (Å²) in [7, 11) is 1.46. The van der Waals surface area contributed by atoms with Crippen molar-refractivity contribution < 1.29 is 4.74 Å². The van der Waals surface area contributed by atoms with Crippen LogP contribution >= 0.6 is 0 Å². The largest absolute Gasteiger partial charge is 0.489 e. The molecule has 0 aromatic carbocycles. The van der Waals surface area contributed by atoms with Crippen LogP contribution in [0.1, 0.15) is 27.7 Å². The fraction of sp³-hybridized carbons (Fsp3) is 0.667. The van der Waals surface area contributed by atoms with E-state index < -0.39 is 0 Å². The van der Waals surface area contributed by atoms with Gasteiger partial charge >= 0.3 is 0 Å². The van der Waals surface area contributed by atoms with Crippen LogP contribution < -0.4 is 15.6 Å². The van der Waals surface area contributed by atoms with Gasteiger partial charge in [-0.2, -0.15) is 0 Å².